The van der Waals surface area contributed by atoms with E-state index in [1.54, 1.807) is 0 Å². The van der Waals surface area contributed by atoms with E-state index in [0.29, 0.717) is 13.1 Å². The zero-order chi connectivity index (χ0) is 16.5. The average Bonchev–Trinajstić information content (AvgIpc) is 2.46. The molecule has 0 bridgehead atoms. The molecule has 2 rings (SSSR count). The number of piperidine rings is 1. The van der Waals surface area contributed by atoms with Gasteiger partial charge in [-0.3, -0.25) is 0 Å². The van der Waals surface area contributed by atoms with Crippen LogP contribution in [-0.2, 0) is 20.0 Å². The van der Waals surface area contributed by atoms with E-state index < -0.39 is 20.0 Å². The van der Waals surface area contributed by atoms with Crippen LogP contribution in [0, 0.1) is 5.92 Å². The van der Waals surface area contributed by atoms with Crippen molar-refractivity contribution in [1.82, 2.24) is 4.31 Å². The van der Waals surface area contributed by atoms with Gasteiger partial charge in [-0.2, -0.15) is 4.31 Å². The van der Waals surface area contributed by atoms with E-state index in [-0.39, 0.29) is 21.8 Å². The van der Waals surface area contributed by atoms with Crippen LogP contribution in [0.3, 0.4) is 0 Å². The van der Waals surface area contributed by atoms with Crippen LogP contribution in [0.25, 0.3) is 0 Å². The molecular formula is C13H21N3O4S2. The minimum absolute atomic E-state index is 0.0654. The maximum Gasteiger partial charge on any atom is 0.243 e. The van der Waals surface area contributed by atoms with Crippen LogP contribution in [0.2, 0.25) is 0 Å². The van der Waals surface area contributed by atoms with Crippen molar-refractivity contribution in [3.63, 3.8) is 0 Å². The van der Waals surface area contributed by atoms with Gasteiger partial charge < -0.3 is 5.73 Å². The molecule has 9 heteroatoms. The van der Waals surface area contributed by atoms with Crippen LogP contribution in [0.15, 0.2) is 34.1 Å². The fourth-order valence-electron chi connectivity index (χ4n) is 2.58. The number of primary sulfonamides is 1. The Morgan fingerprint density at radius 2 is 1.86 bits per heavy atom. The van der Waals surface area contributed by atoms with E-state index >= 15 is 0 Å². The van der Waals surface area contributed by atoms with Crippen molar-refractivity contribution in [2.75, 3.05) is 13.1 Å². The van der Waals surface area contributed by atoms with E-state index in [2.05, 4.69) is 0 Å². The Hall–Kier alpha value is -1.00. The zero-order valence-electron chi connectivity index (χ0n) is 12.3. The molecule has 1 aromatic rings. The molecule has 0 saturated carbocycles. The van der Waals surface area contributed by atoms with Crippen LogP contribution in [0.1, 0.15) is 19.8 Å². The van der Waals surface area contributed by atoms with E-state index in [1.165, 1.54) is 22.5 Å². The Bertz CT molecular complexity index is 744. The van der Waals surface area contributed by atoms with Gasteiger partial charge in [-0.15, -0.1) is 0 Å². The van der Waals surface area contributed by atoms with Crippen molar-refractivity contribution >= 4 is 20.0 Å². The summed E-state index contributed by atoms with van der Waals surface area (Å²) in [5.74, 6) is 0.102. The van der Waals surface area contributed by atoms with Crippen LogP contribution >= 0.6 is 0 Å². The van der Waals surface area contributed by atoms with E-state index in [9.17, 15) is 16.8 Å². The summed E-state index contributed by atoms with van der Waals surface area (Å²) in [6, 6.07) is 5.03. The molecule has 0 amide bonds. The van der Waals surface area contributed by atoms with Crippen molar-refractivity contribution < 1.29 is 16.8 Å². The summed E-state index contributed by atoms with van der Waals surface area (Å²) in [6.45, 7) is 2.62. The molecule has 2 atom stereocenters. The largest absolute Gasteiger partial charge is 0.328 e. The van der Waals surface area contributed by atoms with Crippen LogP contribution < -0.4 is 10.9 Å². The average molecular weight is 347 g/mol. The highest BCUT2D eigenvalue weighted by molar-refractivity contribution is 7.90. The Kier molecular flexibility index (Phi) is 4.93. The van der Waals surface area contributed by atoms with Crippen molar-refractivity contribution in [1.29, 1.82) is 0 Å². The van der Waals surface area contributed by atoms with Crippen molar-refractivity contribution in [3.05, 3.63) is 24.3 Å². The van der Waals surface area contributed by atoms with Gasteiger partial charge in [0.05, 0.1) is 9.79 Å². The molecule has 2 unspecified atom stereocenters. The van der Waals surface area contributed by atoms with E-state index in [4.69, 9.17) is 10.9 Å². The maximum absolute atomic E-state index is 12.7. The molecule has 0 aromatic heterocycles. The molecule has 22 heavy (non-hydrogen) atoms. The fourth-order valence-corrected chi connectivity index (χ4v) is 4.80. The minimum Gasteiger partial charge on any atom is -0.328 e. The predicted molar refractivity (Wildman–Crippen MR) is 82.9 cm³/mol. The third kappa shape index (κ3) is 3.66. The predicted octanol–water partition coefficient (Wildman–Crippen LogP) is 0.0819. The lowest BCUT2D eigenvalue weighted by Gasteiger charge is -2.33. The summed E-state index contributed by atoms with van der Waals surface area (Å²) in [4.78, 5) is -0.279. The van der Waals surface area contributed by atoms with Crippen molar-refractivity contribution in [2.24, 2.45) is 16.8 Å². The number of sulfonamides is 2. The molecule has 7 nitrogen and oxygen atoms in total. The highest BCUT2D eigenvalue weighted by atomic mass is 32.2. The second kappa shape index (κ2) is 6.25. The van der Waals surface area contributed by atoms with Gasteiger partial charge in [0.1, 0.15) is 0 Å². The summed E-state index contributed by atoms with van der Waals surface area (Å²) in [5, 5.41) is 5.06. The van der Waals surface area contributed by atoms with Crippen LogP contribution in [0.5, 0.6) is 0 Å². The van der Waals surface area contributed by atoms with Gasteiger partial charge in [0.2, 0.25) is 20.0 Å². The third-order valence-electron chi connectivity index (χ3n) is 3.94. The second-order valence-corrected chi connectivity index (χ2v) is 9.14. The molecule has 0 radical (unpaired) electrons. The summed E-state index contributed by atoms with van der Waals surface area (Å²) in [7, 11) is -7.70. The second-order valence-electron chi connectivity index (χ2n) is 5.64. The topological polar surface area (TPSA) is 124 Å². The molecule has 124 valence electrons. The zero-order valence-corrected chi connectivity index (χ0v) is 14.0. The molecule has 1 fully saturated rings. The lowest BCUT2D eigenvalue weighted by molar-refractivity contribution is 0.243. The Labute approximate surface area is 131 Å². The highest BCUT2D eigenvalue weighted by Crippen LogP contribution is 2.26. The standard InChI is InChI=1S/C13H21N3O4S2/c1-10(14)11-4-3-7-16(9-11)22(19,20)13-6-2-5-12(8-13)21(15,17)18/h2,5-6,8,10-11H,3-4,7,9,14H2,1H3,(H2,15,17,18). The maximum atomic E-state index is 12.7. The molecule has 1 aromatic carbocycles. The van der Waals surface area contributed by atoms with Gasteiger partial charge in [0, 0.05) is 19.1 Å². The van der Waals surface area contributed by atoms with Crippen molar-refractivity contribution in [2.45, 2.75) is 35.6 Å². The Morgan fingerprint density at radius 3 is 2.45 bits per heavy atom. The molecule has 0 aliphatic carbocycles. The minimum atomic E-state index is -3.94. The molecule has 1 aliphatic heterocycles. The Balaban J connectivity index is 2.34. The highest BCUT2D eigenvalue weighted by Gasteiger charge is 2.32. The monoisotopic (exact) mass is 347 g/mol. The number of benzene rings is 1. The summed E-state index contributed by atoms with van der Waals surface area (Å²) in [5.41, 5.74) is 5.88. The fraction of sp³-hybridized carbons (Fsp3) is 0.538. The van der Waals surface area contributed by atoms with E-state index in [0.717, 1.165) is 18.9 Å². The lowest BCUT2D eigenvalue weighted by atomic mass is 9.93. The van der Waals surface area contributed by atoms with Gasteiger partial charge >= 0.3 is 0 Å². The van der Waals surface area contributed by atoms with Gasteiger partial charge in [-0.1, -0.05) is 6.07 Å². The van der Waals surface area contributed by atoms with Gasteiger partial charge in [-0.05, 0) is 43.9 Å². The van der Waals surface area contributed by atoms with E-state index in [1.807, 2.05) is 6.92 Å². The van der Waals surface area contributed by atoms with Gasteiger partial charge in [0.15, 0.2) is 0 Å². The molecule has 1 aliphatic rings. The quantitative estimate of drug-likeness (QED) is 0.798. The summed E-state index contributed by atoms with van der Waals surface area (Å²) in [6.07, 6.45) is 1.63. The molecule has 4 N–H and O–H groups in total. The third-order valence-corrected chi connectivity index (χ3v) is 6.71. The Morgan fingerprint density at radius 1 is 1.23 bits per heavy atom. The number of hydrogen-bond donors (Lipinski definition) is 2. The van der Waals surface area contributed by atoms with Crippen LogP contribution in [-0.4, -0.2) is 40.3 Å². The normalized spacial score (nSPS) is 22.4. The SMILES string of the molecule is CC(N)C1CCCN(S(=O)(=O)c2cccc(S(N)(=O)=O)c2)C1. The number of rotatable bonds is 4. The summed E-state index contributed by atoms with van der Waals surface area (Å²) >= 11 is 0. The number of nitrogens with two attached hydrogens (primary N) is 2. The van der Waals surface area contributed by atoms with Gasteiger partial charge in [-0.25, -0.2) is 22.0 Å². The first kappa shape index (κ1) is 17.4. The molecule has 1 saturated heterocycles. The van der Waals surface area contributed by atoms with Crippen molar-refractivity contribution in [3.8, 4) is 0 Å². The molecular weight excluding hydrogens is 326 g/mol. The smallest absolute Gasteiger partial charge is 0.243 e. The number of hydrogen-bond acceptors (Lipinski definition) is 5. The first-order valence-corrected chi connectivity index (χ1v) is 9.99. The lowest BCUT2D eigenvalue weighted by Crippen LogP contribution is -2.44. The van der Waals surface area contributed by atoms with Crippen LogP contribution in [0.4, 0.5) is 0 Å². The first-order valence-electron chi connectivity index (χ1n) is 7.01. The summed E-state index contributed by atoms with van der Waals surface area (Å²) < 4.78 is 49.5. The molecule has 0 spiro atoms. The number of nitrogens with zero attached hydrogens (tertiary/aromatic N) is 1. The molecule has 1 heterocycles. The van der Waals surface area contributed by atoms with Gasteiger partial charge in [0.25, 0.3) is 0 Å². The first-order chi connectivity index (χ1) is 10.1.